The molecule has 0 aliphatic heterocycles. The zero-order chi connectivity index (χ0) is 20.1. The number of benzene rings is 1. The number of pyridine rings is 1. The molecule has 0 saturated heterocycles. The molecule has 28 heavy (non-hydrogen) atoms. The van der Waals surface area contributed by atoms with Gasteiger partial charge in [0.25, 0.3) is 5.91 Å². The molecule has 1 aromatic carbocycles. The van der Waals surface area contributed by atoms with Crippen LogP contribution in [0.5, 0.6) is 5.75 Å². The van der Waals surface area contributed by atoms with Crippen molar-refractivity contribution in [2.24, 2.45) is 0 Å². The summed E-state index contributed by atoms with van der Waals surface area (Å²) in [7, 11) is 3.19. The second kappa shape index (κ2) is 8.39. The number of hydrogen-bond donors (Lipinski definition) is 1. The van der Waals surface area contributed by atoms with Gasteiger partial charge in [-0.1, -0.05) is 0 Å². The van der Waals surface area contributed by atoms with Crippen LogP contribution in [-0.2, 0) is 11.3 Å². The molecule has 2 heterocycles. The van der Waals surface area contributed by atoms with E-state index >= 15 is 0 Å². The van der Waals surface area contributed by atoms with Crippen molar-refractivity contribution >= 4 is 17.6 Å². The topological polar surface area (TPSA) is 84.7 Å². The Bertz CT molecular complexity index is 966. The summed E-state index contributed by atoms with van der Waals surface area (Å²) in [6.07, 6.45) is 1.54. The Morgan fingerprint density at radius 3 is 2.50 bits per heavy atom. The number of methoxy groups -OCH3 is 1. The number of hydrogen-bond acceptors (Lipinski definition) is 5. The third kappa shape index (κ3) is 4.20. The van der Waals surface area contributed by atoms with E-state index in [0.717, 1.165) is 11.3 Å². The second-order valence-electron chi connectivity index (χ2n) is 6.14. The number of carbonyl (C=O) groups is 2. The molecule has 7 nitrogen and oxygen atoms in total. The molecule has 0 aliphatic rings. The predicted molar refractivity (Wildman–Crippen MR) is 105 cm³/mol. The molecule has 7 heteroatoms. The molecule has 3 rings (SSSR count). The average molecular weight is 379 g/mol. The molecule has 0 aliphatic carbocycles. The lowest BCUT2D eigenvalue weighted by Gasteiger charge is -2.18. The molecule has 2 amide bonds. The predicted octanol–water partition coefficient (Wildman–Crippen LogP) is 3.26. The number of nitrogens with zero attached hydrogens (tertiary/aromatic N) is 2. The number of nitrogens with one attached hydrogen (secondary N) is 1. The van der Waals surface area contributed by atoms with Crippen LogP contribution in [0, 0.1) is 0 Å². The van der Waals surface area contributed by atoms with E-state index in [9.17, 15) is 9.59 Å². The van der Waals surface area contributed by atoms with Gasteiger partial charge in [0, 0.05) is 19.5 Å². The van der Waals surface area contributed by atoms with Crippen LogP contribution in [-0.4, -0.2) is 31.0 Å². The van der Waals surface area contributed by atoms with Gasteiger partial charge in [0.15, 0.2) is 0 Å². The zero-order valence-corrected chi connectivity index (χ0v) is 15.9. The van der Waals surface area contributed by atoms with Crippen LogP contribution in [0.1, 0.15) is 23.0 Å². The first-order valence-electron chi connectivity index (χ1n) is 8.70. The molecular weight excluding hydrogens is 358 g/mol. The van der Waals surface area contributed by atoms with Crippen molar-refractivity contribution < 1.29 is 18.7 Å². The minimum absolute atomic E-state index is 0.223. The van der Waals surface area contributed by atoms with E-state index in [1.54, 1.807) is 44.7 Å². The molecule has 2 aromatic heterocycles. The maximum Gasteiger partial charge on any atom is 0.255 e. The Hall–Kier alpha value is -3.61. The first kappa shape index (κ1) is 19.2. The van der Waals surface area contributed by atoms with Gasteiger partial charge in [0.1, 0.15) is 17.3 Å². The fourth-order valence-electron chi connectivity index (χ4n) is 2.63. The fourth-order valence-corrected chi connectivity index (χ4v) is 2.63. The lowest BCUT2D eigenvalue weighted by Crippen LogP contribution is -2.30. The van der Waals surface area contributed by atoms with Crippen LogP contribution in [0.15, 0.2) is 59.2 Å². The zero-order valence-electron chi connectivity index (χ0n) is 15.9. The Kier molecular flexibility index (Phi) is 5.74. The van der Waals surface area contributed by atoms with Crippen molar-refractivity contribution in [2.45, 2.75) is 13.5 Å². The molecule has 0 saturated carbocycles. The highest BCUT2D eigenvalue weighted by atomic mass is 16.5. The second-order valence-corrected chi connectivity index (χ2v) is 6.14. The summed E-state index contributed by atoms with van der Waals surface area (Å²) in [5, 5.41) is 2.78. The Balaban J connectivity index is 1.92. The van der Waals surface area contributed by atoms with Crippen LogP contribution in [0.25, 0.3) is 11.3 Å². The Morgan fingerprint density at radius 1 is 1.14 bits per heavy atom. The molecule has 0 fully saturated rings. The fraction of sp³-hybridized carbons (Fsp3) is 0.190. The number of ether oxygens (including phenoxy) is 1. The van der Waals surface area contributed by atoms with Crippen LogP contribution >= 0.6 is 0 Å². The minimum atomic E-state index is -0.340. The minimum Gasteiger partial charge on any atom is -0.497 e. The highest BCUT2D eigenvalue weighted by Gasteiger charge is 2.19. The van der Waals surface area contributed by atoms with Crippen LogP contribution < -0.4 is 15.0 Å². The number of carbonyl (C=O) groups excluding carboxylic acids is 2. The van der Waals surface area contributed by atoms with Gasteiger partial charge in [-0.2, -0.15) is 0 Å². The van der Waals surface area contributed by atoms with Crippen molar-refractivity contribution in [3.05, 3.63) is 66.1 Å². The van der Waals surface area contributed by atoms with Crippen LogP contribution in [0.2, 0.25) is 0 Å². The van der Waals surface area contributed by atoms with Crippen molar-refractivity contribution in [3.63, 3.8) is 0 Å². The van der Waals surface area contributed by atoms with Gasteiger partial charge in [-0.3, -0.25) is 14.5 Å². The molecule has 0 spiro atoms. The monoisotopic (exact) mass is 379 g/mol. The number of furan rings is 1. The summed E-state index contributed by atoms with van der Waals surface area (Å²) < 4.78 is 10.4. The van der Waals surface area contributed by atoms with Crippen LogP contribution in [0.3, 0.4) is 0 Å². The smallest absolute Gasteiger partial charge is 0.255 e. The van der Waals surface area contributed by atoms with Crippen LogP contribution in [0.4, 0.5) is 5.82 Å². The molecule has 0 unspecified atom stereocenters. The number of anilines is 1. The largest absolute Gasteiger partial charge is 0.497 e. The molecular formula is C21H21N3O4. The van der Waals surface area contributed by atoms with E-state index in [1.807, 2.05) is 24.3 Å². The van der Waals surface area contributed by atoms with E-state index in [-0.39, 0.29) is 24.2 Å². The first-order chi connectivity index (χ1) is 13.5. The number of aromatic nitrogens is 1. The summed E-state index contributed by atoms with van der Waals surface area (Å²) in [4.78, 5) is 30.5. The average Bonchev–Trinajstić information content (AvgIpc) is 3.24. The molecule has 3 aromatic rings. The maximum atomic E-state index is 12.7. The highest BCUT2D eigenvalue weighted by molar-refractivity contribution is 6.03. The van der Waals surface area contributed by atoms with Gasteiger partial charge in [0.2, 0.25) is 5.91 Å². The van der Waals surface area contributed by atoms with Gasteiger partial charge in [-0.25, -0.2) is 4.98 Å². The number of amides is 2. The molecule has 1 N–H and O–H groups in total. The van der Waals surface area contributed by atoms with E-state index < -0.39 is 0 Å². The third-order valence-electron chi connectivity index (χ3n) is 4.30. The lowest BCUT2D eigenvalue weighted by atomic mass is 10.1. The molecule has 0 atom stereocenters. The maximum absolute atomic E-state index is 12.7. The molecule has 0 radical (unpaired) electrons. The van der Waals surface area contributed by atoms with Gasteiger partial charge >= 0.3 is 0 Å². The molecule has 0 bridgehead atoms. The highest BCUT2D eigenvalue weighted by Crippen LogP contribution is 2.26. The van der Waals surface area contributed by atoms with Gasteiger partial charge in [-0.05, 0) is 48.5 Å². The lowest BCUT2D eigenvalue weighted by molar-refractivity contribution is -0.116. The third-order valence-corrected chi connectivity index (χ3v) is 4.30. The van der Waals surface area contributed by atoms with Gasteiger partial charge in [0.05, 0.1) is 31.2 Å². The summed E-state index contributed by atoms with van der Waals surface area (Å²) >= 11 is 0. The Labute approximate surface area is 162 Å². The van der Waals surface area contributed by atoms with E-state index in [4.69, 9.17) is 9.15 Å². The van der Waals surface area contributed by atoms with Crippen molar-refractivity contribution in [1.82, 2.24) is 10.3 Å². The molecule has 144 valence electrons. The van der Waals surface area contributed by atoms with Gasteiger partial charge in [-0.15, -0.1) is 0 Å². The van der Waals surface area contributed by atoms with Crippen molar-refractivity contribution in [2.75, 3.05) is 19.1 Å². The standard InChI is InChI=1S/C21H21N3O4/c1-14(25)24(2)20-18(21(26)22-13-17-5-4-12-28-17)10-11-19(23-20)15-6-8-16(27-3)9-7-15/h4-12H,13H2,1-3H3,(H,22,26). The normalized spacial score (nSPS) is 10.4. The summed E-state index contributed by atoms with van der Waals surface area (Å²) in [6.45, 7) is 1.67. The SMILES string of the molecule is COc1ccc(-c2ccc(C(=O)NCc3ccco3)c(N(C)C(C)=O)n2)cc1. The number of rotatable bonds is 6. The van der Waals surface area contributed by atoms with E-state index in [2.05, 4.69) is 10.3 Å². The summed E-state index contributed by atoms with van der Waals surface area (Å²) in [5.74, 6) is 1.10. The first-order valence-corrected chi connectivity index (χ1v) is 8.70. The van der Waals surface area contributed by atoms with E-state index in [0.29, 0.717) is 17.0 Å². The van der Waals surface area contributed by atoms with E-state index in [1.165, 1.54) is 11.8 Å². The summed E-state index contributed by atoms with van der Waals surface area (Å²) in [6, 6.07) is 14.3. The Morgan fingerprint density at radius 2 is 1.89 bits per heavy atom. The van der Waals surface area contributed by atoms with Crippen molar-refractivity contribution in [3.8, 4) is 17.0 Å². The van der Waals surface area contributed by atoms with Crippen molar-refractivity contribution in [1.29, 1.82) is 0 Å². The quantitative estimate of drug-likeness (QED) is 0.711. The van der Waals surface area contributed by atoms with Gasteiger partial charge < -0.3 is 14.5 Å². The summed E-state index contributed by atoms with van der Waals surface area (Å²) in [5.41, 5.74) is 1.80.